The van der Waals surface area contributed by atoms with E-state index in [2.05, 4.69) is 10.6 Å². The van der Waals surface area contributed by atoms with Gasteiger partial charge in [-0.3, -0.25) is 4.79 Å². The third kappa shape index (κ3) is 5.19. The van der Waals surface area contributed by atoms with E-state index < -0.39 is 0 Å². The molecule has 0 radical (unpaired) electrons. The standard InChI is InChI=1S/C17H19ClN2O2S.ClH/c18-13-5-3-12(4-6-13)17(15-2-1-9-23-15)20-16(21)10-14-11-22-8-7-19-14;/h1-6,9,14,17,19H,7-8,10-11H2,(H,20,21);1H. The van der Waals surface area contributed by atoms with Gasteiger partial charge in [0.1, 0.15) is 0 Å². The smallest absolute Gasteiger partial charge is 0.222 e. The van der Waals surface area contributed by atoms with Crippen LogP contribution in [0, 0.1) is 0 Å². The summed E-state index contributed by atoms with van der Waals surface area (Å²) in [6.45, 7) is 2.09. The van der Waals surface area contributed by atoms with E-state index in [9.17, 15) is 4.79 Å². The van der Waals surface area contributed by atoms with Gasteiger partial charge < -0.3 is 15.4 Å². The number of rotatable bonds is 5. The first-order valence-electron chi connectivity index (χ1n) is 7.62. The number of hydrogen-bond donors (Lipinski definition) is 2. The second-order valence-electron chi connectivity index (χ2n) is 5.50. The summed E-state index contributed by atoms with van der Waals surface area (Å²) in [4.78, 5) is 13.5. The third-order valence-electron chi connectivity index (χ3n) is 3.77. The molecule has 130 valence electrons. The highest BCUT2D eigenvalue weighted by molar-refractivity contribution is 7.10. The molecule has 24 heavy (non-hydrogen) atoms. The molecule has 2 aromatic rings. The van der Waals surface area contributed by atoms with E-state index in [4.69, 9.17) is 16.3 Å². The van der Waals surface area contributed by atoms with Crippen molar-refractivity contribution in [3.8, 4) is 0 Å². The van der Waals surface area contributed by atoms with Crippen molar-refractivity contribution in [3.05, 3.63) is 57.2 Å². The van der Waals surface area contributed by atoms with Crippen LogP contribution in [0.25, 0.3) is 0 Å². The minimum absolute atomic E-state index is 0. The van der Waals surface area contributed by atoms with E-state index in [1.54, 1.807) is 11.3 Å². The van der Waals surface area contributed by atoms with Gasteiger partial charge >= 0.3 is 0 Å². The molecular formula is C17H20Cl2N2O2S. The molecule has 2 unspecified atom stereocenters. The summed E-state index contributed by atoms with van der Waals surface area (Å²) in [7, 11) is 0. The summed E-state index contributed by atoms with van der Waals surface area (Å²) in [6, 6.07) is 11.6. The molecule has 1 saturated heterocycles. The Balaban J connectivity index is 0.00000208. The normalized spacial score (nSPS) is 18.5. The third-order valence-corrected chi connectivity index (χ3v) is 4.96. The van der Waals surface area contributed by atoms with E-state index in [-0.39, 0.29) is 30.4 Å². The zero-order chi connectivity index (χ0) is 16.1. The van der Waals surface area contributed by atoms with Crippen LogP contribution < -0.4 is 10.6 Å². The SMILES string of the molecule is Cl.O=C(CC1COCCN1)NC(c1ccc(Cl)cc1)c1cccs1. The van der Waals surface area contributed by atoms with Gasteiger partial charge in [0.2, 0.25) is 5.91 Å². The van der Waals surface area contributed by atoms with E-state index >= 15 is 0 Å². The molecule has 7 heteroatoms. The highest BCUT2D eigenvalue weighted by atomic mass is 35.5. The van der Waals surface area contributed by atoms with E-state index in [1.165, 1.54) is 0 Å². The Morgan fingerprint density at radius 1 is 1.38 bits per heavy atom. The second-order valence-corrected chi connectivity index (χ2v) is 6.91. The van der Waals surface area contributed by atoms with Crippen LogP contribution in [0.1, 0.15) is 22.9 Å². The molecule has 3 rings (SSSR count). The maximum absolute atomic E-state index is 12.4. The molecule has 0 bridgehead atoms. The quantitative estimate of drug-likeness (QED) is 0.827. The van der Waals surface area contributed by atoms with Gasteiger partial charge in [-0.1, -0.05) is 29.8 Å². The number of hydrogen-bond acceptors (Lipinski definition) is 4. The van der Waals surface area contributed by atoms with Crippen LogP contribution in [-0.4, -0.2) is 31.7 Å². The summed E-state index contributed by atoms with van der Waals surface area (Å²) in [5.74, 6) is 0.0151. The van der Waals surface area contributed by atoms with Gasteiger partial charge in [-0.05, 0) is 29.1 Å². The number of amides is 1. The fraction of sp³-hybridized carbons (Fsp3) is 0.353. The fourth-order valence-electron chi connectivity index (χ4n) is 2.62. The predicted octanol–water partition coefficient (Wildman–Crippen LogP) is 3.41. The molecule has 2 N–H and O–H groups in total. The number of carbonyl (C=O) groups is 1. The molecule has 1 aromatic carbocycles. The molecule has 1 aliphatic heterocycles. The number of halogens is 2. The van der Waals surface area contributed by atoms with Gasteiger partial charge in [-0.2, -0.15) is 0 Å². The Morgan fingerprint density at radius 2 is 2.17 bits per heavy atom. The van der Waals surface area contributed by atoms with Crippen LogP contribution in [0.5, 0.6) is 0 Å². The van der Waals surface area contributed by atoms with Crippen molar-refractivity contribution in [1.29, 1.82) is 0 Å². The summed E-state index contributed by atoms with van der Waals surface area (Å²) in [6.07, 6.45) is 0.412. The van der Waals surface area contributed by atoms with Gasteiger partial charge in [0, 0.05) is 28.9 Å². The van der Waals surface area contributed by atoms with Crippen molar-refractivity contribution in [3.63, 3.8) is 0 Å². The van der Waals surface area contributed by atoms with Crippen molar-refractivity contribution < 1.29 is 9.53 Å². The van der Waals surface area contributed by atoms with Crippen molar-refractivity contribution >= 4 is 41.3 Å². The van der Waals surface area contributed by atoms with Crippen LogP contribution in [0.4, 0.5) is 0 Å². The van der Waals surface area contributed by atoms with Crippen molar-refractivity contribution in [2.24, 2.45) is 0 Å². The highest BCUT2D eigenvalue weighted by Crippen LogP contribution is 2.27. The zero-order valence-corrected chi connectivity index (χ0v) is 15.4. The summed E-state index contributed by atoms with van der Waals surface area (Å²) in [5.41, 5.74) is 1.03. The monoisotopic (exact) mass is 386 g/mol. The molecule has 4 nitrogen and oxygen atoms in total. The lowest BCUT2D eigenvalue weighted by molar-refractivity contribution is -0.122. The fourth-order valence-corrected chi connectivity index (χ4v) is 3.55. The molecule has 1 aliphatic rings. The van der Waals surface area contributed by atoms with Crippen LogP contribution in [0.2, 0.25) is 5.02 Å². The molecule has 0 spiro atoms. The summed E-state index contributed by atoms with van der Waals surface area (Å²) in [5, 5.41) is 9.14. The number of thiophene rings is 1. The van der Waals surface area contributed by atoms with Crippen LogP contribution in [0.15, 0.2) is 41.8 Å². The first-order chi connectivity index (χ1) is 11.2. The van der Waals surface area contributed by atoms with Gasteiger partial charge in [0.05, 0.1) is 19.3 Å². The van der Waals surface area contributed by atoms with E-state index in [0.29, 0.717) is 24.7 Å². The Kier molecular flexibility index (Phi) is 7.52. The number of nitrogens with one attached hydrogen (secondary N) is 2. The number of morpholine rings is 1. The Hall–Kier alpha value is -1.11. The lowest BCUT2D eigenvalue weighted by Crippen LogP contribution is -2.44. The van der Waals surface area contributed by atoms with Gasteiger partial charge in [0.15, 0.2) is 0 Å². The minimum atomic E-state index is -0.149. The topological polar surface area (TPSA) is 50.4 Å². The predicted molar refractivity (Wildman–Crippen MR) is 100 cm³/mol. The van der Waals surface area contributed by atoms with Crippen LogP contribution in [-0.2, 0) is 9.53 Å². The number of benzene rings is 1. The lowest BCUT2D eigenvalue weighted by atomic mass is 10.0. The molecule has 1 amide bonds. The van der Waals surface area contributed by atoms with Crippen molar-refractivity contribution in [1.82, 2.24) is 10.6 Å². The maximum atomic E-state index is 12.4. The Bertz CT molecular complexity index is 629. The van der Waals surface area contributed by atoms with Crippen molar-refractivity contribution in [2.45, 2.75) is 18.5 Å². The van der Waals surface area contributed by atoms with Crippen molar-refractivity contribution in [2.75, 3.05) is 19.8 Å². The molecule has 2 heterocycles. The van der Waals surface area contributed by atoms with E-state index in [1.807, 2.05) is 41.8 Å². The first kappa shape index (κ1) is 19.2. The lowest BCUT2D eigenvalue weighted by Gasteiger charge is -2.25. The molecule has 2 atom stereocenters. The summed E-state index contributed by atoms with van der Waals surface area (Å²) < 4.78 is 5.40. The average Bonchev–Trinajstić information content (AvgIpc) is 3.09. The van der Waals surface area contributed by atoms with Gasteiger partial charge in [0.25, 0.3) is 0 Å². The minimum Gasteiger partial charge on any atom is -0.378 e. The Labute approximate surface area is 157 Å². The van der Waals surface area contributed by atoms with Crippen LogP contribution >= 0.6 is 35.3 Å². The first-order valence-corrected chi connectivity index (χ1v) is 8.87. The van der Waals surface area contributed by atoms with Crippen LogP contribution in [0.3, 0.4) is 0 Å². The zero-order valence-electron chi connectivity index (χ0n) is 13.0. The van der Waals surface area contributed by atoms with E-state index in [0.717, 1.165) is 17.0 Å². The molecule has 1 fully saturated rings. The number of carbonyl (C=O) groups excluding carboxylic acids is 1. The maximum Gasteiger partial charge on any atom is 0.222 e. The molecule has 0 saturated carbocycles. The molecular weight excluding hydrogens is 367 g/mol. The molecule has 0 aliphatic carbocycles. The molecule has 1 aromatic heterocycles. The van der Waals surface area contributed by atoms with Gasteiger partial charge in [-0.25, -0.2) is 0 Å². The second kappa shape index (κ2) is 9.39. The highest BCUT2D eigenvalue weighted by Gasteiger charge is 2.21. The van der Waals surface area contributed by atoms with Gasteiger partial charge in [-0.15, -0.1) is 23.7 Å². The number of ether oxygens (including phenoxy) is 1. The summed E-state index contributed by atoms with van der Waals surface area (Å²) >= 11 is 7.60. The largest absolute Gasteiger partial charge is 0.378 e. The average molecular weight is 387 g/mol. The Morgan fingerprint density at radius 3 is 2.79 bits per heavy atom.